The van der Waals surface area contributed by atoms with Gasteiger partial charge in [0.05, 0.1) is 0 Å². The lowest BCUT2D eigenvalue weighted by Crippen LogP contribution is -2.02. The van der Waals surface area contributed by atoms with Crippen LogP contribution >= 0.6 is 0 Å². The smallest absolute Gasteiger partial charge is 0.0488 e. The molecule has 11 heavy (non-hydrogen) atoms. The van der Waals surface area contributed by atoms with Crippen LogP contribution in [0.5, 0.6) is 0 Å². The van der Waals surface area contributed by atoms with Gasteiger partial charge in [-0.05, 0) is 19.8 Å². The highest BCUT2D eigenvalue weighted by atomic mass is 16.5. The Balaban J connectivity index is 2.69. The third-order valence-corrected chi connectivity index (χ3v) is 1.23. The third-order valence-electron chi connectivity index (χ3n) is 1.23. The van der Waals surface area contributed by atoms with Gasteiger partial charge in [0.1, 0.15) is 0 Å². The van der Waals surface area contributed by atoms with Gasteiger partial charge in [0.2, 0.25) is 0 Å². The van der Waals surface area contributed by atoms with E-state index in [1.54, 1.807) is 0 Å². The molecule has 0 amide bonds. The molecule has 0 rings (SSSR count). The van der Waals surface area contributed by atoms with Crippen molar-refractivity contribution in [3.8, 4) is 0 Å². The maximum atomic E-state index is 8.40. The Labute approximate surface area is 68.3 Å². The van der Waals surface area contributed by atoms with Gasteiger partial charge in [-0.3, -0.25) is 0 Å². The topological polar surface area (TPSA) is 38.7 Å². The molecule has 0 aromatic carbocycles. The lowest BCUT2D eigenvalue weighted by molar-refractivity contribution is 0.0805. The maximum absolute atomic E-state index is 8.40. The predicted molar refractivity (Wildman–Crippen MR) is 43.6 cm³/mol. The van der Waals surface area contributed by atoms with Crippen molar-refractivity contribution in [2.45, 2.75) is 19.8 Å². The zero-order chi connectivity index (χ0) is 8.36. The minimum atomic E-state index is 0.214. The molecule has 0 aliphatic carbocycles. The molecule has 0 saturated carbocycles. The van der Waals surface area contributed by atoms with Gasteiger partial charge < -0.3 is 14.6 Å². The van der Waals surface area contributed by atoms with Crippen molar-refractivity contribution in [3.05, 3.63) is 0 Å². The fourth-order valence-electron chi connectivity index (χ4n) is 0.676. The van der Waals surface area contributed by atoms with Crippen molar-refractivity contribution in [2.75, 3.05) is 33.0 Å². The van der Waals surface area contributed by atoms with Crippen LogP contribution in [0.4, 0.5) is 0 Å². The molecule has 0 aromatic rings. The first kappa shape index (κ1) is 10.9. The highest BCUT2D eigenvalue weighted by Crippen LogP contribution is 1.86. The quantitative estimate of drug-likeness (QED) is 0.537. The summed E-state index contributed by atoms with van der Waals surface area (Å²) in [6.45, 7) is 5.13. The first-order valence-corrected chi connectivity index (χ1v) is 4.18. The standard InChI is InChI=1S/C8H18O3/c1-2-10-7-4-8-11-6-3-5-9/h9H,2-8H2,1H3. The summed E-state index contributed by atoms with van der Waals surface area (Å²) in [6.07, 6.45) is 1.67. The highest BCUT2D eigenvalue weighted by molar-refractivity contribution is 4.35. The summed E-state index contributed by atoms with van der Waals surface area (Å²) in [6, 6.07) is 0. The van der Waals surface area contributed by atoms with Crippen LogP contribution in [-0.2, 0) is 9.47 Å². The molecule has 0 saturated heterocycles. The summed E-state index contributed by atoms with van der Waals surface area (Å²) in [5.74, 6) is 0. The Kier molecular flexibility index (Phi) is 9.77. The molecule has 0 fully saturated rings. The lowest BCUT2D eigenvalue weighted by atomic mass is 10.4. The summed E-state index contributed by atoms with van der Waals surface area (Å²) < 4.78 is 10.3. The molecular weight excluding hydrogens is 144 g/mol. The van der Waals surface area contributed by atoms with Crippen molar-refractivity contribution in [2.24, 2.45) is 0 Å². The van der Waals surface area contributed by atoms with Crippen molar-refractivity contribution >= 4 is 0 Å². The van der Waals surface area contributed by atoms with Crippen molar-refractivity contribution in [1.29, 1.82) is 0 Å². The Morgan fingerprint density at radius 1 is 1.00 bits per heavy atom. The van der Waals surface area contributed by atoms with E-state index >= 15 is 0 Å². The summed E-state index contributed by atoms with van der Waals surface area (Å²) in [4.78, 5) is 0. The van der Waals surface area contributed by atoms with E-state index < -0.39 is 0 Å². The number of ether oxygens (including phenoxy) is 2. The minimum Gasteiger partial charge on any atom is -0.396 e. The van der Waals surface area contributed by atoms with Gasteiger partial charge in [0.15, 0.2) is 0 Å². The predicted octanol–water partition coefficient (Wildman–Crippen LogP) is 0.812. The summed E-state index contributed by atoms with van der Waals surface area (Å²) in [7, 11) is 0. The second-order valence-corrected chi connectivity index (χ2v) is 2.24. The number of aliphatic hydroxyl groups is 1. The number of hydrogen-bond acceptors (Lipinski definition) is 3. The van der Waals surface area contributed by atoms with Crippen LogP contribution in [0.3, 0.4) is 0 Å². The fourth-order valence-corrected chi connectivity index (χ4v) is 0.676. The van der Waals surface area contributed by atoms with Gasteiger partial charge in [-0.1, -0.05) is 0 Å². The number of aliphatic hydroxyl groups excluding tert-OH is 1. The second-order valence-electron chi connectivity index (χ2n) is 2.24. The first-order valence-electron chi connectivity index (χ1n) is 4.18. The zero-order valence-electron chi connectivity index (χ0n) is 7.21. The molecule has 0 radical (unpaired) electrons. The van der Waals surface area contributed by atoms with Crippen LogP contribution < -0.4 is 0 Å². The molecule has 0 unspecified atom stereocenters. The molecule has 0 aliphatic rings. The zero-order valence-corrected chi connectivity index (χ0v) is 7.21. The van der Waals surface area contributed by atoms with Crippen LogP contribution in [0.1, 0.15) is 19.8 Å². The molecule has 0 heterocycles. The van der Waals surface area contributed by atoms with Crippen molar-refractivity contribution < 1.29 is 14.6 Å². The Morgan fingerprint density at radius 2 is 1.64 bits per heavy atom. The molecule has 68 valence electrons. The summed E-state index contributed by atoms with van der Waals surface area (Å²) >= 11 is 0. The van der Waals surface area contributed by atoms with E-state index in [0.29, 0.717) is 6.61 Å². The minimum absolute atomic E-state index is 0.214. The van der Waals surface area contributed by atoms with E-state index in [2.05, 4.69) is 0 Å². The average Bonchev–Trinajstić information content (AvgIpc) is 2.03. The number of rotatable bonds is 8. The second kappa shape index (κ2) is 9.88. The van der Waals surface area contributed by atoms with E-state index in [-0.39, 0.29) is 6.61 Å². The Morgan fingerprint density at radius 3 is 2.27 bits per heavy atom. The molecular formula is C8H18O3. The van der Waals surface area contributed by atoms with Gasteiger partial charge in [-0.15, -0.1) is 0 Å². The van der Waals surface area contributed by atoms with Crippen LogP contribution in [0.25, 0.3) is 0 Å². The SMILES string of the molecule is CCOCCCOCCCO. The van der Waals surface area contributed by atoms with Gasteiger partial charge in [-0.2, -0.15) is 0 Å². The van der Waals surface area contributed by atoms with Gasteiger partial charge in [0.25, 0.3) is 0 Å². The van der Waals surface area contributed by atoms with E-state index in [4.69, 9.17) is 14.6 Å². The molecule has 0 aromatic heterocycles. The van der Waals surface area contributed by atoms with Crippen molar-refractivity contribution in [3.63, 3.8) is 0 Å². The normalized spacial score (nSPS) is 10.4. The Bertz CT molecular complexity index is 58.4. The largest absolute Gasteiger partial charge is 0.396 e. The van der Waals surface area contributed by atoms with E-state index in [1.807, 2.05) is 6.92 Å². The van der Waals surface area contributed by atoms with Gasteiger partial charge in [0, 0.05) is 33.0 Å². The summed E-state index contributed by atoms with van der Waals surface area (Å²) in [5, 5.41) is 8.40. The van der Waals surface area contributed by atoms with Crippen LogP contribution in [0.15, 0.2) is 0 Å². The third kappa shape index (κ3) is 9.88. The van der Waals surface area contributed by atoms with Crippen LogP contribution in [-0.4, -0.2) is 38.1 Å². The molecule has 0 aliphatic heterocycles. The molecule has 0 atom stereocenters. The maximum Gasteiger partial charge on any atom is 0.0488 e. The first-order chi connectivity index (χ1) is 5.41. The number of hydrogen-bond donors (Lipinski definition) is 1. The van der Waals surface area contributed by atoms with Crippen LogP contribution in [0, 0.1) is 0 Å². The van der Waals surface area contributed by atoms with E-state index in [9.17, 15) is 0 Å². The fraction of sp³-hybridized carbons (Fsp3) is 1.00. The summed E-state index contributed by atoms with van der Waals surface area (Å²) in [5.41, 5.74) is 0. The molecule has 3 heteroatoms. The molecule has 0 spiro atoms. The highest BCUT2D eigenvalue weighted by Gasteiger charge is 1.88. The molecule has 0 bridgehead atoms. The average molecular weight is 162 g/mol. The van der Waals surface area contributed by atoms with Crippen LogP contribution in [0.2, 0.25) is 0 Å². The molecule has 1 N–H and O–H groups in total. The van der Waals surface area contributed by atoms with E-state index in [0.717, 1.165) is 32.7 Å². The monoisotopic (exact) mass is 162 g/mol. The van der Waals surface area contributed by atoms with Gasteiger partial charge in [-0.25, -0.2) is 0 Å². The molecule has 3 nitrogen and oxygen atoms in total. The van der Waals surface area contributed by atoms with Crippen molar-refractivity contribution in [1.82, 2.24) is 0 Å². The van der Waals surface area contributed by atoms with E-state index in [1.165, 1.54) is 0 Å². The van der Waals surface area contributed by atoms with Gasteiger partial charge >= 0.3 is 0 Å². The Hall–Kier alpha value is -0.120. The lowest BCUT2D eigenvalue weighted by Gasteiger charge is -2.02.